The second-order valence-electron chi connectivity index (χ2n) is 6.07. The van der Waals surface area contributed by atoms with Gasteiger partial charge < -0.3 is 10.6 Å². The highest BCUT2D eigenvalue weighted by molar-refractivity contribution is 7.89. The summed E-state index contributed by atoms with van der Waals surface area (Å²) in [6, 6.07) is 0.0589. The van der Waals surface area contributed by atoms with Crippen molar-refractivity contribution < 1.29 is 13.2 Å². The number of sulfonamides is 1. The smallest absolute Gasteiger partial charge is 0.226 e. The van der Waals surface area contributed by atoms with Gasteiger partial charge in [-0.15, -0.1) is 0 Å². The fraction of sp³-hybridized carbons (Fsp3) is 0.923. The van der Waals surface area contributed by atoms with E-state index in [9.17, 15) is 13.2 Å². The monoisotopic (exact) mass is 305 g/mol. The minimum absolute atomic E-state index is 0.0589. The Morgan fingerprint density at radius 2 is 1.90 bits per heavy atom. The predicted octanol–water partition coefficient (Wildman–Crippen LogP) is 0.162. The van der Waals surface area contributed by atoms with Crippen LogP contribution in [0.1, 0.15) is 34.1 Å². The number of amides is 1. The van der Waals surface area contributed by atoms with Gasteiger partial charge in [-0.25, -0.2) is 8.42 Å². The molecule has 0 radical (unpaired) electrons. The molecule has 0 bridgehead atoms. The molecular weight excluding hydrogens is 278 g/mol. The van der Waals surface area contributed by atoms with Gasteiger partial charge >= 0.3 is 0 Å². The first-order valence-corrected chi connectivity index (χ1v) is 8.79. The molecule has 118 valence electrons. The second kappa shape index (κ2) is 6.87. The van der Waals surface area contributed by atoms with Crippen LogP contribution in [0.2, 0.25) is 0 Å². The van der Waals surface area contributed by atoms with Gasteiger partial charge in [0.05, 0.1) is 11.2 Å². The van der Waals surface area contributed by atoms with E-state index in [0.29, 0.717) is 26.2 Å². The van der Waals surface area contributed by atoms with Gasteiger partial charge in [0.2, 0.25) is 15.9 Å². The van der Waals surface area contributed by atoms with Crippen molar-refractivity contribution in [1.29, 1.82) is 0 Å². The fourth-order valence-corrected chi connectivity index (χ4v) is 4.02. The lowest BCUT2D eigenvalue weighted by atomic mass is 9.95. The van der Waals surface area contributed by atoms with Gasteiger partial charge in [0.25, 0.3) is 0 Å². The third kappa shape index (κ3) is 4.71. The van der Waals surface area contributed by atoms with E-state index in [1.54, 1.807) is 13.8 Å². The molecule has 1 heterocycles. The summed E-state index contributed by atoms with van der Waals surface area (Å²) in [4.78, 5) is 12.2. The molecule has 1 amide bonds. The Hall–Kier alpha value is -0.660. The predicted molar refractivity (Wildman–Crippen MR) is 79.9 cm³/mol. The first-order chi connectivity index (χ1) is 9.19. The molecule has 1 aliphatic rings. The normalized spacial score (nSPS) is 19.6. The van der Waals surface area contributed by atoms with E-state index in [-0.39, 0.29) is 17.7 Å². The molecule has 0 spiro atoms. The van der Waals surface area contributed by atoms with Crippen LogP contribution < -0.4 is 10.6 Å². The molecule has 0 aromatic rings. The van der Waals surface area contributed by atoms with Crippen LogP contribution in [-0.2, 0) is 14.8 Å². The average molecular weight is 305 g/mol. The molecule has 0 aromatic heterocycles. The summed E-state index contributed by atoms with van der Waals surface area (Å²) in [6.07, 6.45) is 0.826. The lowest BCUT2D eigenvalue weighted by Crippen LogP contribution is -2.51. The van der Waals surface area contributed by atoms with Gasteiger partial charge in [-0.2, -0.15) is 4.31 Å². The zero-order valence-corrected chi connectivity index (χ0v) is 13.7. The largest absolute Gasteiger partial charge is 0.353 e. The van der Waals surface area contributed by atoms with E-state index in [1.165, 1.54) is 4.31 Å². The highest BCUT2D eigenvalue weighted by atomic mass is 32.2. The third-order valence-electron chi connectivity index (χ3n) is 3.62. The highest BCUT2D eigenvalue weighted by Gasteiger charge is 2.36. The molecule has 1 unspecified atom stereocenters. The third-order valence-corrected chi connectivity index (χ3v) is 5.86. The van der Waals surface area contributed by atoms with Crippen molar-refractivity contribution in [2.45, 2.75) is 40.2 Å². The summed E-state index contributed by atoms with van der Waals surface area (Å²) in [5.41, 5.74) is -0.923. The molecule has 2 N–H and O–H groups in total. The van der Waals surface area contributed by atoms with Crippen molar-refractivity contribution in [1.82, 2.24) is 14.9 Å². The zero-order chi connectivity index (χ0) is 15.4. The molecule has 6 nitrogen and oxygen atoms in total. The number of carbonyl (C=O) groups is 1. The maximum atomic E-state index is 12.4. The van der Waals surface area contributed by atoms with E-state index >= 15 is 0 Å². The number of carbonyl (C=O) groups excluding carboxylic acids is 1. The molecule has 0 aliphatic carbocycles. The van der Waals surface area contributed by atoms with Gasteiger partial charge in [0.1, 0.15) is 0 Å². The van der Waals surface area contributed by atoms with E-state index in [2.05, 4.69) is 10.6 Å². The first kappa shape index (κ1) is 17.4. The van der Waals surface area contributed by atoms with Gasteiger partial charge in [0, 0.05) is 32.2 Å². The molecule has 1 rings (SSSR count). The number of piperazine rings is 1. The lowest BCUT2D eigenvalue weighted by molar-refractivity contribution is -0.129. The van der Waals surface area contributed by atoms with Gasteiger partial charge in [-0.3, -0.25) is 4.79 Å². The lowest BCUT2D eigenvalue weighted by Gasteiger charge is -2.31. The Bertz CT molecular complexity index is 428. The number of hydrogen-bond acceptors (Lipinski definition) is 4. The Morgan fingerprint density at radius 1 is 1.35 bits per heavy atom. The maximum Gasteiger partial charge on any atom is 0.226 e. The average Bonchev–Trinajstić information content (AvgIpc) is 2.38. The quantitative estimate of drug-likeness (QED) is 0.733. The number of nitrogens with one attached hydrogen (secondary N) is 2. The fourth-order valence-electron chi connectivity index (χ4n) is 2.06. The molecule has 1 aliphatic heterocycles. The zero-order valence-electron chi connectivity index (χ0n) is 12.9. The van der Waals surface area contributed by atoms with Gasteiger partial charge in [-0.1, -0.05) is 6.92 Å². The summed E-state index contributed by atoms with van der Waals surface area (Å²) in [5.74, 6) is -0.354. The summed E-state index contributed by atoms with van der Waals surface area (Å²) in [5, 5.41) is 5.98. The molecule has 1 atom stereocenters. The molecular formula is C13H27N3O3S. The number of hydrogen-bond donors (Lipinski definition) is 2. The summed E-state index contributed by atoms with van der Waals surface area (Å²) in [7, 11) is -3.40. The van der Waals surface area contributed by atoms with Crippen molar-refractivity contribution in [3.05, 3.63) is 0 Å². The maximum absolute atomic E-state index is 12.4. The van der Waals surface area contributed by atoms with Crippen LogP contribution in [0.3, 0.4) is 0 Å². The van der Waals surface area contributed by atoms with E-state index in [0.717, 1.165) is 6.42 Å². The Labute approximate surface area is 122 Å². The van der Waals surface area contributed by atoms with Gasteiger partial charge in [0.15, 0.2) is 0 Å². The SMILES string of the molecule is CCC(C)NC(=O)C(C)(C)CS(=O)(=O)N1CCNCC1. The van der Waals surface area contributed by atoms with Crippen LogP contribution in [0.4, 0.5) is 0 Å². The van der Waals surface area contributed by atoms with Crippen molar-refractivity contribution in [3.8, 4) is 0 Å². The first-order valence-electron chi connectivity index (χ1n) is 7.18. The van der Waals surface area contributed by atoms with Crippen LogP contribution in [-0.4, -0.2) is 56.6 Å². The molecule has 0 aromatic carbocycles. The van der Waals surface area contributed by atoms with Crippen molar-refractivity contribution >= 4 is 15.9 Å². The Balaban J connectivity index is 2.70. The van der Waals surface area contributed by atoms with Gasteiger partial charge in [-0.05, 0) is 27.2 Å². The van der Waals surface area contributed by atoms with E-state index in [1.807, 2.05) is 13.8 Å². The highest BCUT2D eigenvalue weighted by Crippen LogP contribution is 2.21. The molecule has 7 heteroatoms. The topological polar surface area (TPSA) is 78.5 Å². The molecule has 1 saturated heterocycles. The molecule has 0 saturated carbocycles. The van der Waals surface area contributed by atoms with Crippen LogP contribution in [0.25, 0.3) is 0 Å². The summed E-state index contributed by atoms with van der Waals surface area (Å²) in [6.45, 7) is 9.55. The van der Waals surface area contributed by atoms with Crippen molar-refractivity contribution in [3.63, 3.8) is 0 Å². The molecule has 20 heavy (non-hydrogen) atoms. The van der Waals surface area contributed by atoms with Crippen LogP contribution in [0.15, 0.2) is 0 Å². The van der Waals surface area contributed by atoms with Crippen LogP contribution >= 0.6 is 0 Å². The second-order valence-corrected chi connectivity index (χ2v) is 8.04. The van der Waals surface area contributed by atoms with Crippen LogP contribution in [0, 0.1) is 5.41 Å². The standard InChI is InChI=1S/C13H27N3O3S/c1-5-11(2)15-12(17)13(3,4)10-20(18,19)16-8-6-14-7-9-16/h11,14H,5-10H2,1-4H3,(H,15,17). The minimum Gasteiger partial charge on any atom is -0.353 e. The summed E-state index contributed by atoms with van der Waals surface area (Å²) < 4.78 is 26.2. The Morgan fingerprint density at radius 3 is 2.40 bits per heavy atom. The summed E-state index contributed by atoms with van der Waals surface area (Å²) >= 11 is 0. The number of rotatable bonds is 6. The van der Waals surface area contributed by atoms with Crippen LogP contribution in [0.5, 0.6) is 0 Å². The van der Waals surface area contributed by atoms with E-state index in [4.69, 9.17) is 0 Å². The molecule has 1 fully saturated rings. The number of nitrogens with zero attached hydrogens (tertiary/aromatic N) is 1. The van der Waals surface area contributed by atoms with Crippen molar-refractivity contribution in [2.24, 2.45) is 5.41 Å². The minimum atomic E-state index is -3.40. The van der Waals surface area contributed by atoms with E-state index < -0.39 is 15.4 Å². The van der Waals surface area contributed by atoms with Crippen molar-refractivity contribution in [2.75, 3.05) is 31.9 Å². The Kier molecular flexibility index (Phi) is 5.97.